The molecule has 1 fully saturated rings. The van der Waals surface area contributed by atoms with Gasteiger partial charge in [-0.15, -0.1) is 0 Å². The van der Waals surface area contributed by atoms with Gasteiger partial charge in [0, 0.05) is 11.0 Å². The molecule has 0 radical (unpaired) electrons. The van der Waals surface area contributed by atoms with Gasteiger partial charge >= 0.3 is 0 Å². The highest BCUT2D eigenvalue weighted by Gasteiger charge is 2.20. The molecule has 0 N–H and O–H groups in total. The van der Waals surface area contributed by atoms with Gasteiger partial charge in [0.15, 0.2) is 0 Å². The van der Waals surface area contributed by atoms with E-state index in [4.69, 9.17) is 4.74 Å². The van der Waals surface area contributed by atoms with Crippen LogP contribution < -0.4 is 0 Å². The third-order valence-corrected chi connectivity index (χ3v) is 3.04. The molecule has 0 aliphatic carbocycles. The van der Waals surface area contributed by atoms with E-state index in [9.17, 15) is 4.79 Å². The lowest BCUT2D eigenvalue weighted by Gasteiger charge is -2.24. The maximum absolute atomic E-state index is 10.3. The second kappa shape index (κ2) is 4.28. The summed E-state index contributed by atoms with van der Waals surface area (Å²) in [4.78, 5) is 10.3. The van der Waals surface area contributed by atoms with E-state index in [0.29, 0.717) is 5.92 Å². The van der Waals surface area contributed by atoms with Crippen LogP contribution >= 0.6 is 22.6 Å². The van der Waals surface area contributed by atoms with Crippen molar-refractivity contribution in [1.29, 1.82) is 0 Å². The van der Waals surface area contributed by atoms with Gasteiger partial charge in [0.05, 0.1) is 0 Å². The number of hydrogen-bond donors (Lipinski definition) is 0. The molecule has 0 aromatic rings. The third-order valence-electron chi connectivity index (χ3n) is 1.79. The average molecular weight is 254 g/mol. The van der Waals surface area contributed by atoms with E-state index in [-0.39, 0.29) is 6.10 Å². The lowest BCUT2D eigenvalue weighted by atomic mass is 9.98. The molecule has 10 heavy (non-hydrogen) atoms. The molecule has 2 nitrogen and oxygen atoms in total. The van der Waals surface area contributed by atoms with Crippen molar-refractivity contribution in [3.63, 3.8) is 0 Å². The molecule has 0 amide bonds. The van der Waals surface area contributed by atoms with Crippen molar-refractivity contribution >= 4 is 28.9 Å². The van der Waals surface area contributed by atoms with E-state index < -0.39 is 0 Å². The fourth-order valence-corrected chi connectivity index (χ4v) is 1.94. The Bertz CT molecular complexity index is 116. The highest BCUT2D eigenvalue weighted by Crippen LogP contribution is 2.20. The van der Waals surface area contributed by atoms with Gasteiger partial charge in [-0.2, -0.15) is 0 Å². The topological polar surface area (TPSA) is 26.3 Å². The molecule has 1 rings (SSSR count). The quantitative estimate of drug-likeness (QED) is 0.423. The molecule has 2 atom stereocenters. The van der Waals surface area contributed by atoms with Crippen molar-refractivity contribution in [3.05, 3.63) is 0 Å². The SMILES string of the molecule is O=CC1CC(CI)CCO1. The molecule has 0 aromatic carbocycles. The number of alkyl halides is 1. The highest BCUT2D eigenvalue weighted by molar-refractivity contribution is 14.1. The predicted molar refractivity (Wildman–Crippen MR) is 47.4 cm³/mol. The van der Waals surface area contributed by atoms with E-state index in [1.165, 1.54) is 0 Å². The summed E-state index contributed by atoms with van der Waals surface area (Å²) in [6.07, 6.45) is 2.84. The summed E-state index contributed by atoms with van der Waals surface area (Å²) in [6, 6.07) is 0. The normalized spacial score (nSPS) is 33.7. The minimum absolute atomic E-state index is 0.117. The first-order valence-corrected chi connectivity index (χ1v) is 5.02. The van der Waals surface area contributed by atoms with Gasteiger partial charge in [-0.1, -0.05) is 22.6 Å². The molecule has 0 saturated carbocycles. The molecule has 1 aliphatic heterocycles. The van der Waals surface area contributed by atoms with Crippen LogP contribution in [0.5, 0.6) is 0 Å². The first-order chi connectivity index (χ1) is 4.86. The number of ether oxygens (including phenoxy) is 1. The molecule has 0 bridgehead atoms. The first-order valence-electron chi connectivity index (χ1n) is 3.49. The van der Waals surface area contributed by atoms with Gasteiger partial charge in [-0.05, 0) is 18.8 Å². The van der Waals surface area contributed by atoms with Crippen molar-refractivity contribution in [2.45, 2.75) is 18.9 Å². The van der Waals surface area contributed by atoms with Crippen LogP contribution in [0, 0.1) is 5.92 Å². The molecular formula is C7H11IO2. The maximum Gasteiger partial charge on any atom is 0.148 e. The van der Waals surface area contributed by atoms with Crippen molar-refractivity contribution in [2.24, 2.45) is 5.92 Å². The second-order valence-corrected chi connectivity index (χ2v) is 3.47. The van der Waals surface area contributed by atoms with Crippen LogP contribution in [-0.4, -0.2) is 23.4 Å². The van der Waals surface area contributed by atoms with Gasteiger partial charge in [-0.3, -0.25) is 0 Å². The summed E-state index contributed by atoms with van der Waals surface area (Å²) in [7, 11) is 0. The summed E-state index contributed by atoms with van der Waals surface area (Å²) in [5.41, 5.74) is 0. The van der Waals surface area contributed by atoms with Gasteiger partial charge in [-0.25, -0.2) is 0 Å². The summed E-state index contributed by atoms with van der Waals surface area (Å²) in [5.74, 6) is 0.699. The van der Waals surface area contributed by atoms with E-state index in [1.807, 2.05) is 0 Å². The zero-order chi connectivity index (χ0) is 7.40. The number of carbonyl (C=O) groups excluding carboxylic acids is 1. The molecule has 0 aromatic heterocycles. The number of rotatable bonds is 2. The Morgan fingerprint density at radius 3 is 3.10 bits per heavy atom. The van der Waals surface area contributed by atoms with Crippen molar-refractivity contribution in [1.82, 2.24) is 0 Å². The molecule has 0 spiro atoms. The van der Waals surface area contributed by atoms with E-state index in [2.05, 4.69) is 22.6 Å². The summed E-state index contributed by atoms with van der Waals surface area (Å²) in [5, 5.41) is 0. The number of aldehydes is 1. The van der Waals surface area contributed by atoms with Gasteiger partial charge in [0.1, 0.15) is 12.4 Å². The minimum Gasteiger partial charge on any atom is -0.371 e. The number of hydrogen-bond acceptors (Lipinski definition) is 2. The predicted octanol–water partition coefficient (Wildman–Crippen LogP) is 1.42. The van der Waals surface area contributed by atoms with E-state index in [0.717, 1.165) is 30.2 Å². The average Bonchev–Trinajstić information content (AvgIpc) is 2.05. The standard InChI is InChI=1S/C7H11IO2/c8-4-6-1-2-10-7(3-6)5-9/h5-7H,1-4H2. The fourth-order valence-electron chi connectivity index (χ4n) is 1.14. The molecule has 1 aliphatic rings. The van der Waals surface area contributed by atoms with Crippen LogP contribution in [0.4, 0.5) is 0 Å². The van der Waals surface area contributed by atoms with E-state index in [1.54, 1.807) is 0 Å². The molecule has 1 heterocycles. The third kappa shape index (κ3) is 2.20. The zero-order valence-corrected chi connectivity index (χ0v) is 7.91. The molecule has 58 valence electrons. The molecular weight excluding hydrogens is 243 g/mol. The zero-order valence-electron chi connectivity index (χ0n) is 5.75. The molecule has 2 unspecified atom stereocenters. The van der Waals surface area contributed by atoms with Crippen LogP contribution in [0.1, 0.15) is 12.8 Å². The lowest BCUT2D eigenvalue weighted by Crippen LogP contribution is -2.27. The first kappa shape index (κ1) is 8.46. The van der Waals surface area contributed by atoms with Crippen LogP contribution in [0.3, 0.4) is 0 Å². The Balaban J connectivity index is 2.31. The fraction of sp³-hybridized carbons (Fsp3) is 0.857. The second-order valence-electron chi connectivity index (χ2n) is 2.59. The Kier molecular flexibility index (Phi) is 3.62. The highest BCUT2D eigenvalue weighted by atomic mass is 127. The van der Waals surface area contributed by atoms with Crippen LogP contribution in [0.2, 0.25) is 0 Å². The van der Waals surface area contributed by atoms with Crippen LogP contribution in [0.15, 0.2) is 0 Å². The number of halogens is 1. The maximum atomic E-state index is 10.3. The Hall–Kier alpha value is 0.360. The van der Waals surface area contributed by atoms with Crippen LogP contribution in [-0.2, 0) is 9.53 Å². The lowest BCUT2D eigenvalue weighted by molar-refractivity contribution is -0.121. The van der Waals surface area contributed by atoms with Crippen molar-refractivity contribution < 1.29 is 9.53 Å². The van der Waals surface area contributed by atoms with Gasteiger partial charge in [0.25, 0.3) is 0 Å². The summed E-state index contributed by atoms with van der Waals surface area (Å²) < 4.78 is 6.33. The molecule has 1 saturated heterocycles. The monoisotopic (exact) mass is 254 g/mol. The molecule has 3 heteroatoms. The van der Waals surface area contributed by atoms with Gasteiger partial charge in [0.2, 0.25) is 0 Å². The Morgan fingerprint density at radius 1 is 1.70 bits per heavy atom. The smallest absolute Gasteiger partial charge is 0.148 e. The Labute approximate surface area is 74.5 Å². The van der Waals surface area contributed by atoms with Crippen LogP contribution in [0.25, 0.3) is 0 Å². The van der Waals surface area contributed by atoms with Gasteiger partial charge < -0.3 is 9.53 Å². The van der Waals surface area contributed by atoms with Crippen molar-refractivity contribution in [3.8, 4) is 0 Å². The van der Waals surface area contributed by atoms with Crippen molar-refractivity contribution in [2.75, 3.05) is 11.0 Å². The summed E-state index contributed by atoms with van der Waals surface area (Å²) >= 11 is 2.36. The summed E-state index contributed by atoms with van der Waals surface area (Å²) in [6.45, 7) is 0.761. The Morgan fingerprint density at radius 2 is 2.50 bits per heavy atom. The minimum atomic E-state index is -0.117. The van der Waals surface area contributed by atoms with E-state index >= 15 is 0 Å². The number of carbonyl (C=O) groups is 1. The largest absolute Gasteiger partial charge is 0.371 e.